The van der Waals surface area contributed by atoms with Crippen LogP contribution in [0.15, 0.2) is 18.5 Å². The Morgan fingerprint density at radius 1 is 1.39 bits per heavy atom. The summed E-state index contributed by atoms with van der Waals surface area (Å²) in [7, 11) is 1.56. The summed E-state index contributed by atoms with van der Waals surface area (Å²) < 4.78 is 31.3. The fraction of sp³-hybridized carbons (Fsp3) is 0.615. The van der Waals surface area contributed by atoms with Gasteiger partial charge in [0.2, 0.25) is 5.92 Å². The molecule has 1 aromatic rings. The van der Waals surface area contributed by atoms with Gasteiger partial charge in [0, 0.05) is 25.1 Å². The van der Waals surface area contributed by atoms with Crippen molar-refractivity contribution in [2.75, 3.05) is 7.11 Å². The fourth-order valence-electron chi connectivity index (χ4n) is 2.42. The van der Waals surface area contributed by atoms with E-state index in [4.69, 9.17) is 10.5 Å². The first-order chi connectivity index (χ1) is 8.52. The van der Waals surface area contributed by atoms with Crippen molar-refractivity contribution in [3.8, 4) is 5.75 Å². The third-order valence-corrected chi connectivity index (χ3v) is 3.62. The van der Waals surface area contributed by atoms with Crippen LogP contribution in [-0.2, 0) is 0 Å². The molecule has 1 aliphatic rings. The van der Waals surface area contributed by atoms with E-state index >= 15 is 0 Å². The normalized spacial score (nSPS) is 21.6. The van der Waals surface area contributed by atoms with E-state index in [1.54, 1.807) is 19.5 Å². The molecule has 1 saturated carbocycles. The molecule has 0 bridgehead atoms. The molecule has 0 radical (unpaired) electrons. The highest BCUT2D eigenvalue weighted by Gasteiger charge is 2.37. The molecule has 2 rings (SSSR count). The third-order valence-electron chi connectivity index (χ3n) is 3.62. The van der Waals surface area contributed by atoms with E-state index in [0.717, 1.165) is 5.56 Å². The highest BCUT2D eigenvalue weighted by molar-refractivity contribution is 5.26. The molecule has 0 amide bonds. The smallest absolute Gasteiger partial charge is 0.248 e. The number of rotatable bonds is 3. The third kappa shape index (κ3) is 2.96. The van der Waals surface area contributed by atoms with Gasteiger partial charge < -0.3 is 10.5 Å². The Morgan fingerprint density at radius 3 is 2.67 bits per heavy atom. The average molecular weight is 256 g/mol. The standard InChI is InChI=1S/C13H18F2N2O/c1-18-11-6-10(7-17-8-11)12(16)9-2-4-13(14,15)5-3-9/h6-9,12H,2-5,16H2,1H3. The van der Waals surface area contributed by atoms with Crippen LogP contribution in [0.3, 0.4) is 0 Å². The molecular weight excluding hydrogens is 238 g/mol. The van der Waals surface area contributed by atoms with Crippen molar-refractivity contribution in [1.82, 2.24) is 4.98 Å². The Bertz CT molecular complexity index is 402. The van der Waals surface area contributed by atoms with Crippen molar-refractivity contribution < 1.29 is 13.5 Å². The lowest BCUT2D eigenvalue weighted by atomic mass is 9.80. The molecule has 0 aromatic carbocycles. The molecule has 3 nitrogen and oxygen atoms in total. The van der Waals surface area contributed by atoms with Crippen LogP contribution in [0, 0.1) is 5.92 Å². The summed E-state index contributed by atoms with van der Waals surface area (Å²) in [5.41, 5.74) is 6.99. The van der Waals surface area contributed by atoms with Gasteiger partial charge in [-0.1, -0.05) is 0 Å². The largest absolute Gasteiger partial charge is 0.495 e. The van der Waals surface area contributed by atoms with Gasteiger partial charge in [0.1, 0.15) is 5.75 Å². The van der Waals surface area contributed by atoms with E-state index < -0.39 is 5.92 Å². The molecule has 1 aromatic heterocycles. The maximum Gasteiger partial charge on any atom is 0.248 e. The Balaban J connectivity index is 2.05. The van der Waals surface area contributed by atoms with E-state index in [1.165, 1.54) is 0 Å². The number of nitrogens with two attached hydrogens (primary N) is 1. The Labute approximate surface area is 105 Å². The van der Waals surface area contributed by atoms with Gasteiger partial charge in [0.25, 0.3) is 0 Å². The second-order valence-electron chi connectivity index (χ2n) is 4.88. The first-order valence-electron chi connectivity index (χ1n) is 6.14. The second kappa shape index (κ2) is 5.18. The van der Waals surface area contributed by atoms with Crippen molar-refractivity contribution in [3.63, 3.8) is 0 Å². The van der Waals surface area contributed by atoms with Gasteiger partial charge >= 0.3 is 0 Å². The first-order valence-corrected chi connectivity index (χ1v) is 6.14. The number of alkyl halides is 2. The van der Waals surface area contributed by atoms with E-state index in [9.17, 15) is 8.78 Å². The SMILES string of the molecule is COc1cncc(C(N)C2CCC(F)(F)CC2)c1. The zero-order valence-electron chi connectivity index (χ0n) is 10.4. The van der Waals surface area contributed by atoms with Crippen LogP contribution < -0.4 is 10.5 Å². The van der Waals surface area contributed by atoms with Crippen molar-refractivity contribution in [3.05, 3.63) is 24.0 Å². The molecule has 5 heteroatoms. The van der Waals surface area contributed by atoms with Crippen LogP contribution in [0.5, 0.6) is 5.75 Å². The van der Waals surface area contributed by atoms with Crippen LogP contribution >= 0.6 is 0 Å². The Hall–Kier alpha value is -1.23. The minimum absolute atomic E-state index is 0.0667. The zero-order chi connectivity index (χ0) is 13.2. The highest BCUT2D eigenvalue weighted by atomic mass is 19.3. The van der Waals surface area contributed by atoms with Crippen LogP contribution in [-0.4, -0.2) is 18.0 Å². The van der Waals surface area contributed by atoms with Gasteiger partial charge in [-0.3, -0.25) is 4.98 Å². The van der Waals surface area contributed by atoms with E-state index in [2.05, 4.69) is 4.98 Å². The van der Waals surface area contributed by atoms with Crippen molar-refractivity contribution in [2.45, 2.75) is 37.6 Å². The molecule has 0 spiro atoms. The van der Waals surface area contributed by atoms with Gasteiger partial charge in [-0.15, -0.1) is 0 Å². The fourth-order valence-corrected chi connectivity index (χ4v) is 2.42. The number of pyridine rings is 1. The van der Waals surface area contributed by atoms with E-state index in [-0.39, 0.29) is 24.8 Å². The molecule has 100 valence electrons. The van der Waals surface area contributed by atoms with Crippen molar-refractivity contribution in [2.24, 2.45) is 11.7 Å². The number of ether oxygens (including phenoxy) is 1. The predicted molar refractivity (Wildman–Crippen MR) is 64.6 cm³/mol. The van der Waals surface area contributed by atoms with E-state index in [0.29, 0.717) is 18.6 Å². The summed E-state index contributed by atoms with van der Waals surface area (Å²) in [4.78, 5) is 4.05. The van der Waals surface area contributed by atoms with Crippen LogP contribution in [0.2, 0.25) is 0 Å². The van der Waals surface area contributed by atoms with Crippen molar-refractivity contribution in [1.29, 1.82) is 0 Å². The number of nitrogens with zero attached hydrogens (tertiary/aromatic N) is 1. The second-order valence-corrected chi connectivity index (χ2v) is 4.88. The number of hydrogen-bond acceptors (Lipinski definition) is 3. The number of hydrogen-bond donors (Lipinski definition) is 1. The minimum Gasteiger partial charge on any atom is -0.495 e. The van der Waals surface area contributed by atoms with Gasteiger partial charge in [-0.2, -0.15) is 0 Å². The molecule has 1 unspecified atom stereocenters. The number of aromatic nitrogens is 1. The van der Waals surface area contributed by atoms with Crippen LogP contribution in [0.25, 0.3) is 0 Å². The molecule has 18 heavy (non-hydrogen) atoms. The average Bonchev–Trinajstić information content (AvgIpc) is 2.38. The molecule has 0 aliphatic heterocycles. The van der Waals surface area contributed by atoms with Gasteiger partial charge in [-0.25, -0.2) is 8.78 Å². The molecule has 1 heterocycles. The maximum atomic E-state index is 13.1. The van der Waals surface area contributed by atoms with Gasteiger partial charge in [0.15, 0.2) is 0 Å². The molecule has 1 fully saturated rings. The minimum atomic E-state index is -2.51. The summed E-state index contributed by atoms with van der Waals surface area (Å²) in [6, 6.07) is 1.58. The predicted octanol–water partition coefficient (Wildman–Crippen LogP) is 2.92. The molecular formula is C13H18F2N2O. The molecule has 1 aliphatic carbocycles. The lowest BCUT2D eigenvalue weighted by Crippen LogP contribution is -2.31. The van der Waals surface area contributed by atoms with Gasteiger partial charge in [-0.05, 0) is 30.4 Å². The summed E-state index contributed by atoms with van der Waals surface area (Å²) in [6.45, 7) is 0. The molecule has 1 atom stereocenters. The van der Waals surface area contributed by atoms with E-state index in [1.807, 2.05) is 6.07 Å². The van der Waals surface area contributed by atoms with Crippen LogP contribution in [0.4, 0.5) is 8.78 Å². The Morgan fingerprint density at radius 2 is 2.06 bits per heavy atom. The summed E-state index contributed by atoms with van der Waals surface area (Å²) >= 11 is 0. The quantitative estimate of drug-likeness (QED) is 0.904. The zero-order valence-corrected chi connectivity index (χ0v) is 10.4. The summed E-state index contributed by atoms with van der Waals surface area (Å²) in [6.07, 6.45) is 4.08. The molecule has 2 N–H and O–H groups in total. The highest BCUT2D eigenvalue weighted by Crippen LogP contribution is 2.40. The van der Waals surface area contributed by atoms with Crippen LogP contribution in [0.1, 0.15) is 37.3 Å². The summed E-state index contributed by atoms with van der Waals surface area (Å²) in [5.74, 6) is -1.77. The lowest BCUT2D eigenvalue weighted by molar-refractivity contribution is -0.0483. The van der Waals surface area contributed by atoms with Gasteiger partial charge in [0.05, 0.1) is 13.3 Å². The Kier molecular flexibility index (Phi) is 3.80. The number of methoxy groups -OCH3 is 1. The topological polar surface area (TPSA) is 48.1 Å². The molecule has 0 saturated heterocycles. The lowest BCUT2D eigenvalue weighted by Gasteiger charge is -2.32. The monoisotopic (exact) mass is 256 g/mol. The first kappa shape index (κ1) is 13.2. The summed E-state index contributed by atoms with van der Waals surface area (Å²) in [5, 5.41) is 0. The van der Waals surface area contributed by atoms with Crippen molar-refractivity contribution >= 4 is 0 Å². The maximum absolute atomic E-state index is 13.1. The number of halogens is 2.